The van der Waals surface area contributed by atoms with Gasteiger partial charge in [-0.15, -0.1) is 5.10 Å². The zero-order valence-electron chi connectivity index (χ0n) is 15.4. The number of tetrazole rings is 1. The molecule has 0 aliphatic carbocycles. The fraction of sp³-hybridized carbons (Fsp3) is 0.150. The lowest BCUT2D eigenvalue weighted by Gasteiger charge is -2.17. The monoisotopic (exact) mass is 407 g/mol. The zero-order valence-corrected chi connectivity index (χ0v) is 16.1. The Morgan fingerprint density at radius 3 is 2.66 bits per heavy atom. The highest BCUT2D eigenvalue weighted by molar-refractivity contribution is 6.31. The van der Waals surface area contributed by atoms with Crippen LogP contribution in [-0.2, 0) is 17.8 Å². The van der Waals surface area contributed by atoms with E-state index in [1.54, 1.807) is 12.4 Å². The lowest BCUT2D eigenvalue weighted by atomic mass is 10.1. The van der Waals surface area contributed by atoms with Crippen LogP contribution in [0.2, 0.25) is 5.02 Å². The Morgan fingerprint density at radius 2 is 1.90 bits per heavy atom. The number of amides is 1. The maximum Gasteiger partial charge on any atom is 0.252 e. The number of carbonyl (C=O) groups is 1. The van der Waals surface area contributed by atoms with E-state index >= 15 is 0 Å². The van der Waals surface area contributed by atoms with Crippen LogP contribution in [0.25, 0.3) is 0 Å². The first-order chi connectivity index (χ1) is 14.2. The predicted octanol–water partition coefficient (Wildman–Crippen LogP) is 2.99. The topological polar surface area (TPSA) is 90.5 Å². The van der Waals surface area contributed by atoms with Gasteiger partial charge in [-0.05, 0) is 27.6 Å². The fourth-order valence-electron chi connectivity index (χ4n) is 3.02. The second-order valence-electron chi connectivity index (χ2n) is 6.45. The van der Waals surface area contributed by atoms with Gasteiger partial charge in [0.1, 0.15) is 12.4 Å². The summed E-state index contributed by atoms with van der Waals surface area (Å²) in [4.78, 5) is 17.4. The summed E-state index contributed by atoms with van der Waals surface area (Å²) in [6.07, 6.45) is 5.31. The van der Waals surface area contributed by atoms with Crippen LogP contribution in [0.1, 0.15) is 17.2 Å². The molecule has 0 aliphatic rings. The van der Waals surface area contributed by atoms with Crippen LogP contribution in [0.15, 0.2) is 73.3 Å². The van der Waals surface area contributed by atoms with Gasteiger partial charge in [-0.2, -0.15) is 0 Å². The van der Waals surface area contributed by atoms with E-state index in [2.05, 4.69) is 25.8 Å². The minimum Gasteiger partial charge on any atom is -0.313 e. The molecule has 9 heteroatoms. The van der Waals surface area contributed by atoms with E-state index in [-0.39, 0.29) is 5.91 Å². The number of nitrogens with zero attached hydrogens (tertiary/aromatic N) is 6. The van der Waals surface area contributed by atoms with Gasteiger partial charge < -0.3 is 4.57 Å². The third kappa shape index (κ3) is 4.49. The van der Waals surface area contributed by atoms with Crippen molar-refractivity contribution in [2.45, 2.75) is 19.0 Å². The van der Waals surface area contributed by atoms with Gasteiger partial charge in [0.2, 0.25) is 5.95 Å². The van der Waals surface area contributed by atoms with Crippen molar-refractivity contribution in [3.05, 3.63) is 89.5 Å². The van der Waals surface area contributed by atoms with Gasteiger partial charge in [0.05, 0.1) is 6.54 Å². The second kappa shape index (κ2) is 8.66. The highest BCUT2D eigenvalue weighted by Crippen LogP contribution is 2.19. The molecule has 2 heterocycles. The SMILES string of the molecule is O=C(Nc1nccn1Cc1ccccc1Cl)C(Cc1ccccc1)n1cnnn1. The van der Waals surface area contributed by atoms with Crippen LogP contribution < -0.4 is 5.32 Å². The zero-order chi connectivity index (χ0) is 20.1. The Bertz CT molecular complexity index is 1080. The summed E-state index contributed by atoms with van der Waals surface area (Å²) in [5.41, 5.74) is 1.94. The molecule has 1 N–H and O–H groups in total. The van der Waals surface area contributed by atoms with Gasteiger partial charge in [-0.25, -0.2) is 9.67 Å². The Kier molecular flexibility index (Phi) is 5.62. The van der Waals surface area contributed by atoms with Crippen LogP contribution in [0.3, 0.4) is 0 Å². The molecule has 0 saturated heterocycles. The first kappa shape index (κ1) is 18.8. The van der Waals surface area contributed by atoms with Gasteiger partial charge in [-0.3, -0.25) is 10.1 Å². The highest BCUT2D eigenvalue weighted by Gasteiger charge is 2.24. The van der Waals surface area contributed by atoms with Crippen molar-refractivity contribution < 1.29 is 4.79 Å². The molecule has 8 nitrogen and oxygen atoms in total. The molecule has 0 spiro atoms. The number of nitrogens with one attached hydrogen (secondary N) is 1. The minimum absolute atomic E-state index is 0.257. The van der Waals surface area contributed by atoms with E-state index in [1.807, 2.05) is 59.2 Å². The second-order valence-corrected chi connectivity index (χ2v) is 6.86. The van der Waals surface area contributed by atoms with E-state index in [0.717, 1.165) is 11.1 Å². The molecule has 1 atom stereocenters. The summed E-state index contributed by atoms with van der Waals surface area (Å²) in [6.45, 7) is 0.490. The molecule has 0 aliphatic heterocycles. The summed E-state index contributed by atoms with van der Waals surface area (Å²) in [6, 6.07) is 16.7. The smallest absolute Gasteiger partial charge is 0.252 e. The molecule has 0 saturated carbocycles. The molecule has 4 rings (SSSR count). The molecule has 0 fully saturated rings. The third-order valence-electron chi connectivity index (χ3n) is 4.51. The molecule has 4 aromatic rings. The Balaban J connectivity index is 1.54. The average molecular weight is 408 g/mol. The van der Waals surface area contributed by atoms with E-state index in [0.29, 0.717) is 23.9 Å². The summed E-state index contributed by atoms with van der Waals surface area (Å²) >= 11 is 6.26. The lowest BCUT2D eigenvalue weighted by Crippen LogP contribution is -2.29. The van der Waals surface area contributed by atoms with Crippen molar-refractivity contribution in [2.75, 3.05) is 5.32 Å². The number of hydrogen-bond donors (Lipinski definition) is 1. The molecule has 146 valence electrons. The largest absolute Gasteiger partial charge is 0.313 e. The number of hydrogen-bond acceptors (Lipinski definition) is 5. The lowest BCUT2D eigenvalue weighted by molar-refractivity contribution is -0.119. The van der Waals surface area contributed by atoms with Crippen molar-refractivity contribution in [1.82, 2.24) is 29.8 Å². The van der Waals surface area contributed by atoms with Crippen molar-refractivity contribution in [3.8, 4) is 0 Å². The van der Waals surface area contributed by atoms with Crippen LogP contribution >= 0.6 is 11.6 Å². The number of anilines is 1. The van der Waals surface area contributed by atoms with Gasteiger partial charge in [0.25, 0.3) is 5.91 Å². The summed E-state index contributed by atoms with van der Waals surface area (Å²) < 4.78 is 3.28. The molecular formula is C20H18ClN7O. The predicted molar refractivity (Wildman–Crippen MR) is 108 cm³/mol. The quantitative estimate of drug-likeness (QED) is 0.508. The molecular weight excluding hydrogens is 390 g/mol. The van der Waals surface area contributed by atoms with Crippen molar-refractivity contribution >= 4 is 23.5 Å². The van der Waals surface area contributed by atoms with E-state index < -0.39 is 6.04 Å². The Labute approximate surface area is 172 Å². The minimum atomic E-state index is -0.613. The van der Waals surface area contributed by atoms with Crippen molar-refractivity contribution in [3.63, 3.8) is 0 Å². The van der Waals surface area contributed by atoms with Gasteiger partial charge in [0, 0.05) is 23.8 Å². The van der Waals surface area contributed by atoms with E-state index in [1.165, 1.54) is 11.0 Å². The molecule has 2 aromatic heterocycles. The Morgan fingerprint density at radius 1 is 1.10 bits per heavy atom. The van der Waals surface area contributed by atoms with Crippen molar-refractivity contribution in [2.24, 2.45) is 0 Å². The summed E-state index contributed by atoms with van der Waals surface area (Å²) in [5, 5.41) is 14.8. The fourth-order valence-corrected chi connectivity index (χ4v) is 3.21. The molecule has 2 aromatic carbocycles. The third-order valence-corrected chi connectivity index (χ3v) is 4.88. The number of halogens is 1. The molecule has 29 heavy (non-hydrogen) atoms. The molecule has 0 radical (unpaired) electrons. The number of rotatable bonds is 7. The Hall–Kier alpha value is -3.52. The van der Waals surface area contributed by atoms with Gasteiger partial charge in [-0.1, -0.05) is 60.1 Å². The molecule has 0 bridgehead atoms. The highest BCUT2D eigenvalue weighted by atomic mass is 35.5. The van der Waals surface area contributed by atoms with Gasteiger partial charge in [0.15, 0.2) is 0 Å². The number of benzene rings is 2. The van der Waals surface area contributed by atoms with Crippen LogP contribution in [-0.4, -0.2) is 35.7 Å². The van der Waals surface area contributed by atoms with E-state index in [9.17, 15) is 4.79 Å². The van der Waals surface area contributed by atoms with Crippen molar-refractivity contribution in [1.29, 1.82) is 0 Å². The standard InChI is InChI=1S/C20H18ClN7O/c21-17-9-5-4-8-16(17)13-27-11-10-22-20(27)24-19(29)18(28-14-23-25-26-28)12-15-6-2-1-3-7-15/h1-11,14,18H,12-13H2,(H,22,24,29). The first-order valence-corrected chi connectivity index (χ1v) is 9.40. The first-order valence-electron chi connectivity index (χ1n) is 9.02. The van der Waals surface area contributed by atoms with Gasteiger partial charge >= 0.3 is 0 Å². The molecule has 1 amide bonds. The number of imidazole rings is 1. The molecule has 1 unspecified atom stereocenters. The normalized spacial score (nSPS) is 11.9. The van der Waals surface area contributed by atoms with Crippen LogP contribution in [0, 0.1) is 0 Å². The summed E-state index contributed by atoms with van der Waals surface area (Å²) in [7, 11) is 0. The number of aromatic nitrogens is 6. The maximum atomic E-state index is 13.1. The van der Waals surface area contributed by atoms with Crippen LogP contribution in [0.4, 0.5) is 5.95 Å². The van der Waals surface area contributed by atoms with Crippen LogP contribution in [0.5, 0.6) is 0 Å². The number of carbonyl (C=O) groups excluding carboxylic acids is 1. The summed E-state index contributed by atoms with van der Waals surface area (Å²) in [5.74, 6) is 0.175. The van der Waals surface area contributed by atoms with E-state index in [4.69, 9.17) is 11.6 Å². The average Bonchev–Trinajstić information content (AvgIpc) is 3.41. The maximum absolute atomic E-state index is 13.1.